The topological polar surface area (TPSA) is 46.3 Å². The molecule has 1 heterocycles. The third kappa shape index (κ3) is 2.91. The zero-order valence-corrected chi connectivity index (χ0v) is 7.92. The number of nitrogens with two attached hydrogens (primary N) is 1. The Morgan fingerprint density at radius 3 is 2.83 bits per heavy atom. The Morgan fingerprint density at radius 2 is 2.33 bits per heavy atom. The Kier molecular flexibility index (Phi) is 3.23. The molecule has 1 aliphatic heterocycles. The number of carbonyl (C=O) groups is 1. The summed E-state index contributed by atoms with van der Waals surface area (Å²) in [6.45, 7) is 6.78. The molecule has 0 radical (unpaired) electrons. The van der Waals surface area contributed by atoms with Gasteiger partial charge in [0.05, 0.1) is 6.54 Å². The van der Waals surface area contributed by atoms with Crippen LogP contribution in [0.5, 0.6) is 0 Å². The van der Waals surface area contributed by atoms with Crippen molar-refractivity contribution in [2.75, 3.05) is 19.6 Å². The number of hydrogen-bond acceptors (Lipinski definition) is 3. The molecule has 0 aromatic rings. The van der Waals surface area contributed by atoms with Crippen molar-refractivity contribution in [1.29, 1.82) is 0 Å². The molecule has 1 saturated heterocycles. The van der Waals surface area contributed by atoms with Gasteiger partial charge >= 0.3 is 0 Å². The summed E-state index contributed by atoms with van der Waals surface area (Å²) in [6.07, 6.45) is 0.564. The average molecular weight is 170 g/mol. The SMILES string of the molecule is CC(C)CN1CC(=O)CC(N)C1. The minimum absolute atomic E-state index is 0.0602. The quantitative estimate of drug-likeness (QED) is 0.646. The van der Waals surface area contributed by atoms with E-state index in [1.165, 1.54) is 0 Å². The largest absolute Gasteiger partial charge is 0.326 e. The van der Waals surface area contributed by atoms with Crippen molar-refractivity contribution in [3.8, 4) is 0 Å². The fraction of sp³-hybridized carbons (Fsp3) is 0.889. The zero-order chi connectivity index (χ0) is 9.14. The molecule has 70 valence electrons. The summed E-state index contributed by atoms with van der Waals surface area (Å²) in [5, 5.41) is 0. The number of ketones is 1. The monoisotopic (exact) mass is 170 g/mol. The molecule has 0 spiro atoms. The van der Waals surface area contributed by atoms with E-state index < -0.39 is 0 Å². The molecule has 1 rings (SSSR count). The molecule has 0 amide bonds. The van der Waals surface area contributed by atoms with Gasteiger partial charge in [-0.2, -0.15) is 0 Å². The van der Waals surface area contributed by atoms with E-state index in [9.17, 15) is 4.79 Å². The Balaban J connectivity index is 2.39. The van der Waals surface area contributed by atoms with Gasteiger partial charge in [-0.05, 0) is 5.92 Å². The Bertz CT molecular complexity index is 166. The van der Waals surface area contributed by atoms with Gasteiger partial charge in [0.2, 0.25) is 0 Å². The van der Waals surface area contributed by atoms with E-state index in [-0.39, 0.29) is 11.8 Å². The molecule has 1 fully saturated rings. The molecule has 0 aromatic carbocycles. The first-order valence-electron chi connectivity index (χ1n) is 4.57. The Morgan fingerprint density at radius 1 is 1.67 bits per heavy atom. The molecule has 2 N–H and O–H groups in total. The maximum atomic E-state index is 11.1. The maximum absolute atomic E-state index is 11.1. The lowest BCUT2D eigenvalue weighted by molar-refractivity contribution is -0.122. The highest BCUT2D eigenvalue weighted by molar-refractivity contribution is 5.81. The van der Waals surface area contributed by atoms with Crippen molar-refractivity contribution >= 4 is 5.78 Å². The van der Waals surface area contributed by atoms with Gasteiger partial charge in [-0.25, -0.2) is 0 Å². The van der Waals surface area contributed by atoms with Crippen LogP contribution in [0, 0.1) is 5.92 Å². The van der Waals surface area contributed by atoms with E-state index in [4.69, 9.17) is 5.73 Å². The van der Waals surface area contributed by atoms with Crippen LogP contribution in [-0.4, -0.2) is 36.4 Å². The molecule has 3 heteroatoms. The second-order valence-electron chi connectivity index (χ2n) is 4.09. The predicted molar refractivity (Wildman–Crippen MR) is 48.9 cm³/mol. The van der Waals surface area contributed by atoms with E-state index in [0.717, 1.165) is 13.1 Å². The van der Waals surface area contributed by atoms with Gasteiger partial charge in [0, 0.05) is 25.6 Å². The average Bonchev–Trinajstić information content (AvgIpc) is 1.81. The first kappa shape index (κ1) is 9.68. The minimum atomic E-state index is 0.0602. The normalized spacial score (nSPS) is 26.7. The van der Waals surface area contributed by atoms with Crippen LogP contribution in [0.15, 0.2) is 0 Å². The molecular weight excluding hydrogens is 152 g/mol. The number of hydrogen-bond donors (Lipinski definition) is 1. The van der Waals surface area contributed by atoms with Gasteiger partial charge in [0.1, 0.15) is 5.78 Å². The van der Waals surface area contributed by atoms with Crippen LogP contribution < -0.4 is 5.73 Å². The number of nitrogens with zero attached hydrogens (tertiary/aromatic N) is 1. The van der Waals surface area contributed by atoms with E-state index >= 15 is 0 Å². The summed E-state index contributed by atoms with van der Waals surface area (Å²) < 4.78 is 0. The lowest BCUT2D eigenvalue weighted by Crippen LogP contribution is -2.48. The molecular formula is C9H18N2O. The number of Topliss-reactive ketones (excluding diaryl/α,β-unsaturated/α-hetero) is 1. The first-order chi connectivity index (χ1) is 5.58. The molecule has 0 bridgehead atoms. The highest BCUT2D eigenvalue weighted by atomic mass is 16.1. The van der Waals surface area contributed by atoms with Crippen molar-refractivity contribution < 1.29 is 4.79 Å². The summed E-state index contributed by atoms with van der Waals surface area (Å²) in [7, 11) is 0. The molecule has 0 saturated carbocycles. The standard InChI is InChI=1S/C9H18N2O/c1-7(2)4-11-5-8(10)3-9(12)6-11/h7-8H,3-6,10H2,1-2H3. The van der Waals surface area contributed by atoms with E-state index in [0.29, 0.717) is 18.9 Å². The van der Waals surface area contributed by atoms with Crippen molar-refractivity contribution in [1.82, 2.24) is 4.90 Å². The lowest BCUT2D eigenvalue weighted by atomic mass is 10.0. The molecule has 12 heavy (non-hydrogen) atoms. The first-order valence-corrected chi connectivity index (χ1v) is 4.57. The second-order valence-corrected chi connectivity index (χ2v) is 4.09. The predicted octanol–water partition coefficient (Wildman–Crippen LogP) is 0.244. The summed E-state index contributed by atoms with van der Waals surface area (Å²) in [6, 6.07) is 0.0602. The van der Waals surface area contributed by atoms with Gasteiger partial charge in [0.15, 0.2) is 0 Å². The van der Waals surface area contributed by atoms with Crippen molar-refractivity contribution in [2.45, 2.75) is 26.3 Å². The van der Waals surface area contributed by atoms with Gasteiger partial charge in [0.25, 0.3) is 0 Å². The van der Waals surface area contributed by atoms with E-state index in [1.54, 1.807) is 0 Å². The van der Waals surface area contributed by atoms with Gasteiger partial charge < -0.3 is 5.73 Å². The van der Waals surface area contributed by atoms with Gasteiger partial charge in [-0.15, -0.1) is 0 Å². The minimum Gasteiger partial charge on any atom is -0.326 e. The molecule has 1 aliphatic rings. The summed E-state index contributed by atoms with van der Waals surface area (Å²) in [5.41, 5.74) is 5.73. The molecule has 1 atom stereocenters. The number of rotatable bonds is 2. The molecule has 0 aliphatic carbocycles. The molecule has 0 aromatic heterocycles. The summed E-state index contributed by atoms with van der Waals surface area (Å²) >= 11 is 0. The van der Waals surface area contributed by atoms with Crippen LogP contribution in [-0.2, 0) is 4.79 Å². The Hall–Kier alpha value is -0.410. The van der Waals surface area contributed by atoms with Gasteiger partial charge in [-0.1, -0.05) is 13.8 Å². The molecule has 1 unspecified atom stereocenters. The third-order valence-electron chi connectivity index (χ3n) is 2.01. The van der Waals surface area contributed by atoms with Crippen LogP contribution >= 0.6 is 0 Å². The number of piperidine rings is 1. The van der Waals surface area contributed by atoms with Crippen LogP contribution in [0.3, 0.4) is 0 Å². The van der Waals surface area contributed by atoms with E-state index in [2.05, 4.69) is 18.7 Å². The van der Waals surface area contributed by atoms with Crippen LogP contribution in [0.1, 0.15) is 20.3 Å². The molecule has 3 nitrogen and oxygen atoms in total. The third-order valence-corrected chi connectivity index (χ3v) is 2.01. The second kappa shape index (κ2) is 4.01. The number of carbonyl (C=O) groups excluding carboxylic acids is 1. The van der Waals surface area contributed by atoms with Crippen molar-refractivity contribution in [2.24, 2.45) is 11.7 Å². The van der Waals surface area contributed by atoms with Crippen LogP contribution in [0.2, 0.25) is 0 Å². The Labute approximate surface area is 73.9 Å². The van der Waals surface area contributed by atoms with Crippen LogP contribution in [0.4, 0.5) is 0 Å². The van der Waals surface area contributed by atoms with Gasteiger partial charge in [-0.3, -0.25) is 9.69 Å². The highest BCUT2D eigenvalue weighted by Gasteiger charge is 2.22. The van der Waals surface area contributed by atoms with Crippen molar-refractivity contribution in [3.63, 3.8) is 0 Å². The highest BCUT2D eigenvalue weighted by Crippen LogP contribution is 2.07. The lowest BCUT2D eigenvalue weighted by Gasteiger charge is -2.30. The maximum Gasteiger partial charge on any atom is 0.148 e. The van der Waals surface area contributed by atoms with E-state index in [1.807, 2.05) is 0 Å². The zero-order valence-electron chi connectivity index (χ0n) is 7.92. The smallest absolute Gasteiger partial charge is 0.148 e. The fourth-order valence-electron chi connectivity index (χ4n) is 1.72. The van der Waals surface area contributed by atoms with Crippen LogP contribution in [0.25, 0.3) is 0 Å². The summed E-state index contributed by atoms with van der Waals surface area (Å²) in [5.74, 6) is 0.900. The summed E-state index contributed by atoms with van der Waals surface area (Å²) in [4.78, 5) is 13.3. The number of likely N-dealkylation sites (tertiary alicyclic amines) is 1. The fourth-order valence-corrected chi connectivity index (χ4v) is 1.72. The van der Waals surface area contributed by atoms with Crippen molar-refractivity contribution in [3.05, 3.63) is 0 Å².